The largest absolute Gasteiger partial charge is 0.350 e. The minimum atomic E-state index is -1.44. The van der Waals surface area contributed by atoms with Crippen molar-refractivity contribution in [2.24, 2.45) is 0 Å². The van der Waals surface area contributed by atoms with Crippen LogP contribution in [0.3, 0.4) is 0 Å². The average Bonchev–Trinajstić information content (AvgIpc) is 2.97. The van der Waals surface area contributed by atoms with Crippen LogP contribution >= 0.6 is 0 Å². The lowest BCUT2D eigenvalue weighted by molar-refractivity contribution is -0.125. The highest BCUT2D eigenvalue weighted by atomic mass is 19.1. The third-order valence-corrected chi connectivity index (χ3v) is 5.25. The number of hydrogen-bond donors (Lipinski definition) is 2. The van der Waals surface area contributed by atoms with Gasteiger partial charge in [-0.15, -0.1) is 0 Å². The molecule has 3 aromatic rings. The van der Waals surface area contributed by atoms with Gasteiger partial charge in [0.1, 0.15) is 5.82 Å². The van der Waals surface area contributed by atoms with Crippen LogP contribution in [0.5, 0.6) is 0 Å². The van der Waals surface area contributed by atoms with Crippen LogP contribution in [0.2, 0.25) is 0 Å². The second-order valence-electron chi connectivity index (χ2n) is 6.90. The molecule has 0 radical (unpaired) electrons. The third kappa shape index (κ3) is 2.24. The van der Waals surface area contributed by atoms with Gasteiger partial charge < -0.3 is 10.6 Å². The molecule has 2 heterocycles. The van der Waals surface area contributed by atoms with E-state index >= 15 is 0 Å². The number of nitrogens with one attached hydrogen (secondary N) is 2. The third-order valence-electron chi connectivity index (χ3n) is 5.25. The molecule has 5 nitrogen and oxygen atoms in total. The van der Waals surface area contributed by atoms with Crippen LogP contribution < -0.4 is 10.6 Å². The zero-order chi connectivity index (χ0) is 19.3. The van der Waals surface area contributed by atoms with Crippen LogP contribution in [0.25, 0.3) is 0 Å². The number of carbonyl (C=O) groups is 2. The predicted molar refractivity (Wildman–Crippen MR) is 103 cm³/mol. The Balaban J connectivity index is 1.72. The SMILES string of the molecule is O=C1c2ccccc2NC2(C(=O)Nc3cc(F)ccc32)N1Cc1ccccc1. The van der Waals surface area contributed by atoms with Gasteiger partial charge in [0.2, 0.25) is 5.66 Å². The fourth-order valence-electron chi connectivity index (χ4n) is 3.96. The Labute approximate surface area is 160 Å². The molecule has 28 heavy (non-hydrogen) atoms. The van der Waals surface area contributed by atoms with Gasteiger partial charge in [0.25, 0.3) is 11.8 Å². The molecule has 1 atom stereocenters. The molecule has 138 valence electrons. The number of fused-ring (bicyclic) bond motifs is 3. The lowest BCUT2D eigenvalue weighted by Gasteiger charge is -2.44. The summed E-state index contributed by atoms with van der Waals surface area (Å²) in [6.07, 6.45) is 0. The summed E-state index contributed by atoms with van der Waals surface area (Å²) in [5.41, 5.74) is 1.40. The number of halogens is 1. The molecular weight excluding hydrogens is 357 g/mol. The van der Waals surface area contributed by atoms with E-state index in [-0.39, 0.29) is 12.5 Å². The maximum Gasteiger partial charge on any atom is 0.276 e. The molecule has 0 aliphatic carbocycles. The molecule has 0 saturated carbocycles. The molecular formula is C22H16FN3O2. The first-order chi connectivity index (χ1) is 13.6. The van der Waals surface area contributed by atoms with E-state index in [2.05, 4.69) is 10.6 Å². The number of benzene rings is 3. The summed E-state index contributed by atoms with van der Waals surface area (Å²) in [5.74, 6) is -1.12. The van der Waals surface area contributed by atoms with E-state index in [0.29, 0.717) is 22.5 Å². The molecule has 2 amide bonds. The number of rotatable bonds is 2. The Morgan fingerprint density at radius 1 is 0.893 bits per heavy atom. The summed E-state index contributed by atoms with van der Waals surface area (Å²) in [6, 6.07) is 20.7. The highest BCUT2D eigenvalue weighted by Crippen LogP contribution is 2.46. The average molecular weight is 373 g/mol. The summed E-state index contributed by atoms with van der Waals surface area (Å²) in [7, 11) is 0. The summed E-state index contributed by atoms with van der Waals surface area (Å²) >= 11 is 0. The Bertz CT molecular complexity index is 1120. The maximum atomic E-state index is 13.8. The normalized spacial score (nSPS) is 19.8. The molecule has 2 N–H and O–H groups in total. The molecule has 2 aliphatic rings. The number of para-hydroxylation sites is 1. The van der Waals surface area contributed by atoms with Gasteiger partial charge in [0.15, 0.2) is 0 Å². The van der Waals surface area contributed by atoms with Gasteiger partial charge in [-0.2, -0.15) is 0 Å². The minimum absolute atomic E-state index is 0.227. The van der Waals surface area contributed by atoms with Crippen LogP contribution in [-0.4, -0.2) is 16.7 Å². The second-order valence-corrected chi connectivity index (χ2v) is 6.90. The first-order valence-electron chi connectivity index (χ1n) is 8.94. The van der Waals surface area contributed by atoms with E-state index in [1.165, 1.54) is 17.0 Å². The molecule has 5 rings (SSSR count). The Hall–Kier alpha value is -3.67. The van der Waals surface area contributed by atoms with Gasteiger partial charge >= 0.3 is 0 Å². The molecule has 0 bridgehead atoms. The number of carbonyl (C=O) groups excluding carboxylic acids is 2. The van der Waals surface area contributed by atoms with Crippen molar-refractivity contribution in [3.63, 3.8) is 0 Å². The quantitative estimate of drug-likeness (QED) is 0.720. The van der Waals surface area contributed by atoms with Crippen molar-refractivity contribution in [2.45, 2.75) is 12.2 Å². The lowest BCUT2D eigenvalue weighted by atomic mass is 9.92. The van der Waals surface area contributed by atoms with Crippen molar-refractivity contribution in [1.82, 2.24) is 4.90 Å². The van der Waals surface area contributed by atoms with Crippen molar-refractivity contribution < 1.29 is 14.0 Å². The Kier molecular flexibility index (Phi) is 3.49. The van der Waals surface area contributed by atoms with E-state index in [1.54, 1.807) is 30.3 Å². The van der Waals surface area contributed by atoms with Crippen LogP contribution in [0.1, 0.15) is 21.5 Å². The first-order valence-corrected chi connectivity index (χ1v) is 8.94. The van der Waals surface area contributed by atoms with Gasteiger partial charge in [0, 0.05) is 17.8 Å². The predicted octanol–water partition coefficient (Wildman–Crippen LogP) is 3.70. The fraction of sp³-hybridized carbons (Fsp3) is 0.0909. The van der Waals surface area contributed by atoms with Gasteiger partial charge in [0.05, 0.1) is 11.3 Å². The van der Waals surface area contributed by atoms with Crippen molar-refractivity contribution in [1.29, 1.82) is 0 Å². The molecule has 3 aromatic carbocycles. The fourth-order valence-corrected chi connectivity index (χ4v) is 3.96. The number of anilines is 2. The second kappa shape index (κ2) is 5.92. The van der Waals surface area contributed by atoms with Crippen LogP contribution in [0.15, 0.2) is 72.8 Å². The Morgan fingerprint density at radius 3 is 2.46 bits per heavy atom. The van der Waals surface area contributed by atoms with E-state index in [1.807, 2.05) is 30.3 Å². The van der Waals surface area contributed by atoms with Gasteiger partial charge in [-0.1, -0.05) is 42.5 Å². The van der Waals surface area contributed by atoms with Crippen molar-refractivity contribution in [3.05, 3.63) is 95.3 Å². The molecule has 2 aliphatic heterocycles. The molecule has 1 unspecified atom stereocenters. The lowest BCUT2D eigenvalue weighted by Crippen LogP contribution is -2.60. The highest BCUT2D eigenvalue weighted by Gasteiger charge is 2.56. The van der Waals surface area contributed by atoms with Gasteiger partial charge in [-0.05, 0) is 35.9 Å². The Morgan fingerprint density at radius 2 is 1.64 bits per heavy atom. The number of hydrogen-bond acceptors (Lipinski definition) is 3. The molecule has 1 spiro atoms. The van der Waals surface area contributed by atoms with Crippen molar-refractivity contribution in [2.75, 3.05) is 10.6 Å². The molecule has 0 fully saturated rings. The van der Waals surface area contributed by atoms with Crippen molar-refractivity contribution >= 4 is 23.2 Å². The van der Waals surface area contributed by atoms with E-state index in [4.69, 9.17) is 0 Å². The highest BCUT2D eigenvalue weighted by molar-refractivity contribution is 6.14. The summed E-state index contributed by atoms with van der Waals surface area (Å²) in [6.45, 7) is 0.227. The number of nitrogens with zero attached hydrogens (tertiary/aromatic N) is 1. The first kappa shape index (κ1) is 16.5. The molecule has 6 heteroatoms. The van der Waals surface area contributed by atoms with Crippen LogP contribution in [0, 0.1) is 5.82 Å². The molecule has 0 aromatic heterocycles. The van der Waals surface area contributed by atoms with Crippen molar-refractivity contribution in [3.8, 4) is 0 Å². The minimum Gasteiger partial charge on any atom is -0.350 e. The summed E-state index contributed by atoms with van der Waals surface area (Å²) in [4.78, 5) is 28.1. The van der Waals surface area contributed by atoms with E-state index in [0.717, 1.165) is 5.56 Å². The van der Waals surface area contributed by atoms with Gasteiger partial charge in [-0.25, -0.2) is 4.39 Å². The summed E-state index contributed by atoms with van der Waals surface area (Å²) < 4.78 is 13.8. The van der Waals surface area contributed by atoms with Crippen LogP contribution in [0.4, 0.5) is 15.8 Å². The standard InChI is InChI=1S/C22H16FN3O2/c23-15-10-11-17-19(12-15)24-21(28)22(17)25-18-9-5-4-8-16(18)20(27)26(22)13-14-6-2-1-3-7-14/h1-12,25H,13H2,(H,24,28). The molecule has 0 saturated heterocycles. The number of amides is 2. The summed E-state index contributed by atoms with van der Waals surface area (Å²) in [5, 5.41) is 6.00. The maximum absolute atomic E-state index is 13.8. The monoisotopic (exact) mass is 373 g/mol. The van der Waals surface area contributed by atoms with E-state index < -0.39 is 17.4 Å². The van der Waals surface area contributed by atoms with Gasteiger partial charge in [-0.3, -0.25) is 14.5 Å². The smallest absolute Gasteiger partial charge is 0.276 e. The zero-order valence-electron chi connectivity index (χ0n) is 14.8. The van der Waals surface area contributed by atoms with Crippen LogP contribution in [-0.2, 0) is 17.0 Å². The zero-order valence-corrected chi connectivity index (χ0v) is 14.8. The topological polar surface area (TPSA) is 61.4 Å². The van der Waals surface area contributed by atoms with E-state index in [9.17, 15) is 14.0 Å².